The maximum absolute atomic E-state index is 13.0. The van der Waals surface area contributed by atoms with Gasteiger partial charge < -0.3 is 14.6 Å². The van der Waals surface area contributed by atoms with E-state index in [0.29, 0.717) is 24.3 Å². The number of hydrogen-bond donors (Lipinski definition) is 1. The molecule has 1 saturated heterocycles. The SMILES string of the molecule is O=C(O[C@@H]1C[C@@H]2OCC[C@@H]2[C@H]1/C=C/[C@@H](O)CCc1ccccc1)c1ccc(-c2ccccc2)cc1. The van der Waals surface area contributed by atoms with Crippen LogP contribution in [0.25, 0.3) is 11.1 Å². The van der Waals surface area contributed by atoms with Gasteiger partial charge in [-0.15, -0.1) is 0 Å². The number of fused-ring (bicyclic) bond motifs is 1. The van der Waals surface area contributed by atoms with E-state index >= 15 is 0 Å². The second-order valence-corrected chi connectivity index (χ2v) is 9.54. The van der Waals surface area contributed by atoms with Crippen LogP contribution in [0.15, 0.2) is 97.1 Å². The van der Waals surface area contributed by atoms with Gasteiger partial charge in [-0.1, -0.05) is 84.9 Å². The van der Waals surface area contributed by atoms with Gasteiger partial charge in [-0.3, -0.25) is 0 Å². The van der Waals surface area contributed by atoms with Crippen molar-refractivity contribution in [3.8, 4) is 11.1 Å². The zero-order valence-electron chi connectivity index (χ0n) is 19.8. The summed E-state index contributed by atoms with van der Waals surface area (Å²) in [6.07, 6.45) is 6.43. The van der Waals surface area contributed by atoms with Crippen LogP contribution in [0, 0.1) is 11.8 Å². The molecule has 35 heavy (non-hydrogen) atoms. The molecule has 0 amide bonds. The van der Waals surface area contributed by atoms with Crippen molar-refractivity contribution >= 4 is 5.97 Å². The zero-order chi connectivity index (χ0) is 24.0. The average Bonchev–Trinajstić information content (AvgIpc) is 3.49. The van der Waals surface area contributed by atoms with Gasteiger partial charge in [0.15, 0.2) is 0 Å². The quantitative estimate of drug-likeness (QED) is 0.333. The standard InChI is InChI=1S/C31H32O4/c32-26(16-11-22-7-3-1-4-8-22)17-18-27-28-19-20-34-29(28)21-30(27)35-31(33)25-14-12-24(13-15-25)23-9-5-2-6-10-23/h1-10,12-15,17-18,26-30,32H,11,16,19-21H2/b18-17+/t26-,27+,28+,29-,30+/m0/s1. The minimum Gasteiger partial charge on any atom is -0.458 e. The fourth-order valence-corrected chi connectivity index (χ4v) is 5.35. The van der Waals surface area contributed by atoms with E-state index in [1.807, 2.05) is 66.7 Å². The molecule has 3 aromatic rings. The smallest absolute Gasteiger partial charge is 0.338 e. The number of aliphatic hydroxyl groups is 1. The number of esters is 1. The number of hydrogen-bond acceptors (Lipinski definition) is 4. The van der Waals surface area contributed by atoms with Crippen molar-refractivity contribution < 1.29 is 19.4 Å². The molecule has 2 fully saturated rings. The molecule has 4 heteroatoms. The fraction of sp³-hybridized carbons (Fsp3) is 0.323. The lowest BCUT2D eigenvalue weighted by atomic mass is 9.91. The molecular formula is C31H32O4. The van der Waals surface area contributed by atoms with Crippen LogP contribution in [0.2, 0.25) is 0 Å². The molecular weight excluding hydrogens is 436 g/mol. The third-order valence-electron chi connectivity index (χ3n) is 7.26. The molecule has 3 aromatic carbocycles. The number of carbonyl (C=O) groups is 1. The molecule has 1 aliphatic heterocycles. The molecule has 0 unspecified atom stereocenters. The zero-order valence-corrected chi connectivity index (χ0v) is 19.8. The van der Waals surface area contributed by atoms with E-state index in [1.54, 1.807) is 0 Å². The van der Waals surface area contributed by atoms with E-state index in [0.717, 1.165) is 30.6 Å². The highest BCUT2D eigenvalue weighted by Gasteiger charge is 2.47. The van der Waals surface area contributed by atoms with Crippen molar-refractivity contribution in [2.45, 2.75) is 44.0 Å². The lowest BCUT2D eigenvalue weighted by Gasteiger charge is -2.21. The Morgan fingerprint density at radius 1 is 0.971 bits per heavy atom. The van der Waals surface area contributed by atoms with Crippen LogP contribution in [0.1, 0.15) is 35.2 Å². The summed E-state index contributed by atoms with van der Waals surface area (Å²) in [5.41, 5.74) is 3.95. The van der Waals surface area contributed by atoms with E-state index in [-0.39, 0.29) is 24.1 Å². The van der Waals surface area contributed by atoms with Gasteiger partial charge in [-0.25, -0.2) is 4.79 Å². The van der Waals surface area contributed by atoms with Crippen molar-refractivity contribution in [2.75, 3.05) is 6.61 Å². The van der Waals surface area contributed by atoms with Crippen molar-refractivity contribution in [1.29, 1.82) is 0 Å². The predicted molar refractivity (Wildman–Crippen MR) is 137 cm³/mol. The van der Waals surface area contributed by atoms with E-state index < -0.39 is 6.10 Å². The Morgan fingerprint density at radius 2 is 1.66 bits per heavy atom. The number of benzene rings is 3. The third-order valence-corrected chi connectivity index (χ3v) is 7.26. The molecule has 1 N–H and O–H groups in total. The summed E-state index contributed by atoms with van der Waals surface area (Å²) in [6.45, 7) is 0.748. The minimum absolute atomic E-state index is 0.0569. The van der Waals surface area contributed by atoms with Crippen LogP contribution in [0.3, 0.4) is 0 Å². The Hall–Kier alpha value is -3.21. The molecule has 2 aliphatic rings. The average molecular weight is 469 g/mol. The van der Waals surface area contributed by atoms with Crippen molar-refractivity contribution in [2.24, 2.45) is 11.8 Å². The Kier molecular flexibility index (Phi) is 7.41. The highest BCUT2D eigenvalue weighted by Crippen LogP contribution is 2.43. The van der Waals surface area contributed by atoms with Gasteiger partial charge in [0.2, 0.25) is 0 Å². The second kappa shape index (κ2) is 11.0. The molecule has 0 spiro atoms. The van der Waals surface area contributed by atoms with Gasteiger partial charge in [0.1, 0.15) is 6.10 Å². The van der Waals surface area contributed by atoms with E-state index in [9.17, 15) is 9.90 Å². The maximum Gasteiger partial charge on any atom is 0.338 e. The first-order chi connectivity index (χ1) is 17.2. The van der Waals surface area contributed by atoms with Crippen LogP contribution >= 0.6 is 0 Å². The summed E-state index contributed by atoms with van der Waals surface area (Å²) >= 11 is 0. The number of aliphatic hydroxyl groups excluding tert-OH is 1. The summed E-state index contributed by atoms with van der Waals surface area (Å²) < 4.78 is 11.9. The summed E-state index contributed by atoms with van der Waals surface area (Å²) in [7, 11) is 0. The fourth-order valence-electron chi connectivity index (χ4n) is 5.35. The van der Waals surface area contributed by atoms with Crippen molar-refractivity contribution in [3.05, 3.63) is 108 Å². The molecule has 4 nitrogen and oxygen atoms in total. The van der Waals surface area contributed by atoms with Gasteiger partial charge in [0.05, 0.1) is 17.8 Å². The van der Waals surface area contributed by atoms with E-state index in [1.165, 1.54) is 5.56 Å². The van der Waals surface area contributed by atoms with Crippen molar-refractivity contribution in [1.82, 2.24) is 0 Å². The minimum atomic E-state index is -0.529. The second-order valence-electron chi connectivity index (χ2n) is 9.54. The van der Waals surface area contributed by atoms with Gasteiger partial charge in [0.25, 0.3) is 0 Å². The molecule has 0 radical (unpaired) electrons. The molecule has 1 aliphatic carbocycles. The summed E-state index contributed by atoms with van der Waals surface area (Å²) in [4.78, 5) is 13.0. The molecule has 0 aromatic heterocycles. The van der Waals surface area contributed by atoms with Gasteiger partial charge in [0, 0.05) is 18.9 Å². The first-order valence-corrected chi connectivity index (χ1v) is 12.6. The van der Waals surface area contributed by atoms with Crippen LogP contribution in [0.4, 0.5) is 0 Å². The highest BCUT2D eigenvalue weighted by atomic mass is 16.5. The number of aryl methyl sites for hydroxylation is 1. The lowest BCUT2D eigenvalue weighted by molar-refractivity contribution is 0.0176. The molecule has 1 saturated carbocycles. The number of rotatable bonds is 8. The first kappa shape index (κ1) is 23.5. The topological polar surface area (TPSA) is 55.8 Å². The molecule has 5 atom stereocenters. The van der Waals surface area contributed by atoms with Crippen LogP contribution in [-0.4, -0.2) is 36.0 Å². The lowest BCUT2D eigenvalue weighted by Crippen LogP contribution is -2.24. The number of ether oxygens (including phenoxy) is 2. The third kappa shape index (κ3) is 5.72. The van der Waals surface area contributed by atoms with E-state index in [4.69, 9.17) is 9.47 Å². The molecule has 1 heterocycles. The largest absolute Gasteiger partial charge is 0.458 e. The summed E-state index contributed by atoms with van der Waals surface area (Å²) in [5, 5.41) is 10.6. The molecule has 180 valence electrons. The Morgan fingerprint density at radius 3 is 2.40 bits per heavy atom. The Balaban J connectivity index is 1.22. The van der Waals surface area contributed by atoms with Gasteiger partial charge in [-0.2, -0.15) is 0 Å². The van der Waals surface area contributed by atoms with Gasteiger partial charge >= 0.3 is 5.97 Å². The highest BCUT2D eigenvalue weighted by molar-refractivity contribution is 5.90. The predicted octanol–water partition coefficient (Wildman–Crippen LogP) is 5.85. The van der Waals surface area contributed by atoms with Crippen LogP contribution in [-0.2, 0) is 15.9 Å². The number of carbonyl (C=O) groups excluding carboxylic acids is 1. The van der Waals surface area contributed by atoms with E-state index in [2.05, 4.69) is 30.3 Å². The van der Waals surface area contributed by atoms with Crippen LogP contribution in [0.5, 0.6) is 0 Å². The summed E-state index contributed by atoms with van der Waals surface area (Å²) in [6, 6.07) is 27.9. The molecule has 0 bridgehead atoms. The monoisotopic (exact) mass is 468 g/mol. The van der Waals surface area contributed by atoms with Gasteiger partial charge in [-0.05, 0) is 54.0 Å². The Bertz CT molecular complexity index is 1120. The maximum atomic E-state index is 13.0. The first-order valence-electron chi connectivity index (χ1n) is 12.6. The Labute approximate surface area is 207 Å². The normalized spacial score (nSPS) is 24.4. The van der Waals surface area contributed by atoms with Crippen LogP contribution < -0.4 is 0 Å². The summed E-state index contributed by atoms with van der Waals surface area (Å²) in [5.74, 6) is 0.0739. The van der Waals surface area contributed by atoms with Crippen molar-refractivity contribution in [3.63, 3.8) is 0 Å². The molecule has 5 rings (SSSR count).